The van der Waals surface area contributed by atoms with E-state index in [9.17, 15) is 4.79 Å². The van der Waals surface area contributed by atoms with Gasteiger partial charge in [-0.3, -0.25) is 4.79 Å². The fourth-order valence-electron chi connectivity index (χ4n) is 14.7. The van der Waals surface area contributed by atoms with Crippen LogP contribution >= 0.6 is 47.8 Å². The second-order valence-electron chi connectivity index (χ2n) is 21.1. The summed E-state index contributed by atoms with van der Waals surface area (Å²) in [6, 6.07) is 102. The van der Waals surface area contributed by atoms with Gasteiger partial charge in [0.05, 0.1) is 16.2 Å². The molecule has 0 bridgehead atoms. The Labute approximate surface area is 499 Å². The third-order valence-corrected chi connectivity index (χ3v) is 19.6. The molecule has 0 amide bonds. The normalized spacial score (nSPS) is 14.3. The molecule has 1 nitrogen and oxygen atoms in total. The van der Waals surface area contributed by atoms with Gasteiger partial charge in [-0.2, -0.15) is 0 Å². The Morgan fingerprint density at radius 1 is 0.198 bits per heavy atom. The lowest BCUT2D eigenvalue weighted by atomic mass is 9.52. The van der Waals surface area contributed by atoms with E-state index in [0.717, 1.165) is 35.7 Å². The first-order valence-corrected chi connectivity index (χ1v) is 29.5. The van der Waals surface area contributed by atoms with Gasteiger partial charge >= 0.3 is 0 Å². The zero-order valence-corrected chi connectivity index (χ0v) is 47.9. The molecule has 12 aromatic carbocycles. The van der Waals surface area contributed by atoms with Gasteiger partial charge in [-0.25, -0.2) is 0 Å². The molecule has 0 N–H and O–H groups in total. The van der Waals surface area contributed by atoms with Crippen molar-refractivity contribution in [3.63, 3.8) is 0 Å². The summed E-state index contributed by atoms with van der Waals surface area (Å²) in [5.74, 6) is 0.119. The average Bonchev–Trinajstić information content (AvgIpc) is 4.28. The van der Waals surface area contributed by atoms with Crippen molar-refractivity contribution in [3.05, 3.63) is 376 Å². The molecule has 81 heavy (non-hydrogen) atoms. The van der Waals surface area contributed by atoms with Crippen LogP contribution in [0.1, 0.15) is 90.1 Å². The van der Waals surface area contributed by atoms with Crippen molar-refractivity contribution in [1.29, 1.82) is 0 Å². The van der Waals surface area contributed by atoms with Gasteiger partial charge in [0.2, 0.25) is 0 Å². The molecule has 17 rings (SSSR count). The lowest BCUT2D eigenvalue weighted by Gasteiger charge is -2.48. The summed E-state index contributed by atoms with van der Waals surface area (Å²) in [7, 11) is 0. The van der Waals surface area contributed by atoms with E-state index in [1.807, 2.05) is 60.7 Å². The Bertz CT molecular complexity index is 4290. The molecular weight excluding hydrogens is 1180 g/mol. The SMILES string of the molecule is Brc1cccc2c1-c1ccccc1C21c2ccccc2C2(c3ccccc3-c3ccccc32)c2ccccc21.Brc1ccccc1-c1ccccc1Br.C.O=C1c2ccccc2C2(c3ccccc31)c1ccccc1-c1ccccc12. The third-order valence-electron chi connectivity index (χ3n) is 17.6. The molecule has 0 radical (unpaired) electrons. The van der Waals surface area contributed by atoms with Crippen LogP contribution in [-0.4, -0.2) is 5.78 Å². The van der Waals surface area contributed by atoms with Crippen molar-refractivity contribution in [2.45, 2.75) is 23.7 Å². The zero-order valence-electron chi connectivity index (χ0n) is 43.2. The number of hydrogen-bond donors (Lipinski definition) is 0. The van der Waals surface area contributed by atoms with E-state index in [2.05, 4.69) is 272 Å². The molecule has 0 aliphatic heterocycles. The maximum absolute atomic E-state index is 13.3. The minimum atomic E-state index is -0.436. The molecule has 5 aliphatic carbocycles. The second kappa shape index (κ2) is 19.8. The quantitative estimate of drug-likeness (QED) is 0.160. The summed E-state index contributed by atoms with van der Waals surface area (Å²) in [4.78, 5) is 13.3. The van der Waals surface area contributed by atoms with Gasteiger partial charge in [-0.1, -0.05) is 322 Å². The molecule has 386 valence electrons. The Kier molecular flexibility index (Phi) is 12.4. The van der Waals surface area contributed by atoms with Crippen LogP contribution in [0.2, 0.25) is 0 Å². The highest BCUT2D eigenvalue weighted by atomic mass is 79.9. The van der Waals surface area contributed by atoms with E-state index < -0.39 is 10.8 Å². The van der Waals surface area contributed by atoms with Gasteiger partial charge in [-0.15, -0.1) is 0 Å². The predicted molar refractivity (Wildman–Crippen MR) is 343 cm³/mol. The molecule has 3 spiro atoms. The molecule has 4 heteroatoms. The van der Waals surface area contributed by atoms with Crippen LogP contribution in [-0.2, 0) is 16.2 Å². The number of fused-ring (bicyclic) bond motifs is 25. The standard InChI is InChI=1S/C38H23Br.C26H16O.C12H8Br2.CH4/c39-35-23-11-22-34-36(35)26-14-3-6-17-29(26)38(34)32-20-9-7-18-30(32)37(31-19-8-10-21-33(31)38)27-15-4-1-12-24(27)25-13-2-5-16-28(25)37;27-25-19-11-3-7-15-23(19)26(24-16-8-4-12-20(24)25)21-13-5-1-9-17(21)18-10-2-6-14-22(18)26;13-11-7-3-1-5-9(11)10-6-2-4-8-12(10)14;/h1-23H;1-16H;1-8H;1H4. The predicted octanol–water partition coefficient (Wildman–Crippen LogP) is 20.6. The molecule has 0 atom stereocenters. The second-order valence-corrected chi connectivity index (χ2v) is 23.7. The van der Waals surface area contributed by atoms with Crippen molar-refractivity contribution < 1.29 is 4.79 Å². The van der Waals surface area contributed by atoms with E-state index in [0.29, 0.717) is 0 Å². The Morgan fingerprint density at radius 3 is 0.753 bits per heavy atom. The minimum Gasteiger partial charge on any atom is -0.289 e. The van der Waals surface area contributed by atoms with Crippen molar-refractivity contribution in [2.24, 2.45) is 0 Å². The summed E-state index contributed by atoms with van der Waals surface area (Å²) in [6.07, 6.45) is 0. The van der Waals surface area contributed by atoms with Gasteiger partial charge in [0.15, 0.2) is 5.78 Å². The summed E-state index contributed by atoms with van der Waals surface area (Å²) in [6.45, 7) is 0. The molecule has 0 saturated heterocycles. The lowest BCUT2D eigenvalue weighted by molar-refractivity contribution is 0.103. The maximum atomic E-state index is 13.3. The fourth-order valence-corrected chi connectivity index (χ4v) is 16.3. The topological polar surface area (TPSA) is 17.1 Å². The summed E-state index contributed by atoms with van der Waals surface area (Å²) in [5, 5.41) is 0. The van der Waals surface area contributed by atoms with Crippen LogP contribution in [0.15, 0.2) is 299 Å². The van der Waals surface area contributed by atoms with E-state index in [4.69, 9.17) is 0 Å². The molecule has 0 aromatic heterocycles. The van der Waals surface area contributed by atoms with E-state index in [-0.39, 0.29) is 18.6 Å². The average molecular weight is 1230 g/mol. The van der Waals surface area contributed by atoms with Gasteiger partial charge in [0.25, 0.3) is 0 Å². The number of rotatable bonds is 1. The molecule has 12 aromatic rings. The van der Waals surface area contributed by atoms with E-state index in [1.165, 1.54) is 100 Å². The number of hydrogen-bond acceptors (Lipinski definition) is 1. The first-order valence-electron chi connectivity index (χ1n) is 27.1. The number of carbonyl (C=O) groups is 1. The summed E-state index contributed by atoms with van der Waals surface area (Å²) >= 11 is 11.0. The molecule has 0 heterocycles. The highest BCUT2D eigenvalue weighted by Crippen LogP contribution is 2.68. The van der Waals surface area contributed by atoms with Crippen molar-refractivity contribution in [1.82, 2.24) is 0 Å². The van der Waals surface area contributed by atoms with Crippen LogP contribution < -0.4 is 0 Å². The Hall–Kier alpha value is -8.25. The fraction of sp³-hybridized carbons (Fsp3) is 0.0519. The largest absolute Gasteiger partial charge is 0.289 e. The monoisotopic (exact) mass is 1230 g/mol. The molecule has 0 saturated carbocycles. The van der Waals surface area contributed by atoms with Crippen molar-refractivity contribution >= 4 is 53.6 Å². The summed E-state index contributed by atoms with van der Waals surface area (Å²) in [5.41, 5.74) is 26.3. The van der Waals surface area contributed by atoms with Crippen LogP contribution in [0.4, 0.5) is 0 Å². The van der Waals surface area contributed by atoms with Crippen LogP contribution in [0.25, 0.3) is 44.5 Å². The van der Waals surface area contributed by atoms with Crippen LogP contribution in [0.3, 0.4) is 0 Å². The Morgan fingerprint density at radius 2 is 0.407 bits per heavy atom. The van der Waals surface area contributed by atoms with Gasteiger partial charge in [0.1, 0.15) is 0 Å². The van der Waals surface area contributed by atoms with Crippen molar-refractivity contribution in [2.75, 3.05) is 0 Å². The van der Waals surface area contributed by atoms with Crippen LogP contribution in [0.5, 0.6) is 0 Å². The number of benzene rings is 12. The number of ketones is 1. The van der Waals surface area contributed by atoms with E-state index >= 15 is 0 Å². The van der Waals surface area contributed by atoms with Gasteiger partial charge < -0.3 is 0 Å². The molecular formula is C77H51Br3O. The minimum absolute atomic E-state index is 0. The molecule has 0 unspecified atom stereocenters. The van der Waals surface area contributed by atoms with Crippen LogP contribution in [0, 0.1) is 0 Å². The first-order chi connectivity index (χ1) is 39.4. The number of halogens is 3. The van der Waals surface area contributed by atoms with Gasteiger partial charge in [0, 0.05) is 30.1 Å². The maximum Gasteiger partial charge on any atom is 0.193 e. The molecule has 5 aliphatic rings. The highest BCUT2D eigenvalue weighted by molar-refractivity contribution is 9.11. The zero-order chi connectivity index (χ0) is 53.7. The summed E-state index contributed by atoms with van der Waals surface area (Å²) < 4.78 is 3.38. The first kappa shape index (κ1) is 50.9. The van der Waals surface area contributed by atoms with E-state index in [1.54, 1.807) is 0 Å². The highest BCUT2D eigenvalue weighted by Gasteiger charge is 2.59. The third kappa shape index (κ3) is 7.04. The number of carbonyl (C=O) groups excluding carboxylic acids is 1. The van der Waals surface area contributed by atoms with Gasteiger partial charge in [-0.05, 0) is 124 Å². The molecule has 0 fully saturated rings. The van der Waals surface area contributed by atoms with Crippen molar-refractivity contribution in [3.8, 4) is 44.5 Å². The Balaban J connectivity index is 0.000000121. The lowest BCUT2D eigenvalue weighted by Crippen LogP contribution is -2.43. The smallest absolute Gasteiger partial charge is 0.193 e.